The van der Waals surface area contributed by atoms with Gasteiger partial charge in [0.15, 0.2) is 0 Å². The molecule has 1 fully saturated rings. The largest absolute Gasteiger partial charge is 0.396 e. The predicted molar refractivity (Wildman–Crippen MR) is 83.9 cm³/mol. The molecule has 1 saturated carbocycles. The van der Waals surface area contributed by atoms with Gasteiger partial charge in [-0.05, 0) is 49.8 Å². The van der Waals surface area contributed by atoms with Crippen LogP contribution in [0, 0.1) is 23.1 Å². The highest BCUT2D eigenvalue weighted by Gasteiger charge is 2.26. The van der Waals surface area contributed by atoms with Gasteiger partial charge in [-0.3, -0.25) is 0 Å². The number of carbonyl (C=O) groups is 1. The first-order valence-electron chi connectivity index (χ1n) is 7.85. The third kappa shape index (κ3) is 4.42. The average Bonchev–Trinajstić information content (AvgIpc) is 2.60. The van der Waals surface area contributed by atoms with Gasteiger partial charge in [0.2, 0.25) is 0 Å². The van der Waals surface area contributed by atoms with Crippen LogP contribution in [0.2, 0.25) is 0 Å². The van der Waals surface area contributed by atoms with E-state index in [0.717, 1.165) is 25.7 Å². The topological polar surface area (TPSA) is 76.4 Å². The van der Waals surface area contributed by atoms with Crippen LogP contribution in [0.4, 0.5) is 9.18 Å². The molecular weight excluding hydrogens is 297 g/mol. The molecule has 5 nitrogen and oxygen atoms in total. The number of nitrogens with one attached hydrogen (secondary N) is 1. The van der Waals surface area contributed by atoms with Crippen molar-refractivity contribution in [3.63, 3.8) is 0 Å². The molecule has 0 aromatic heterocycles. The molecule has 6 heteroatoms. The Balaban J connectivity index is 1.88. The molecule has 1 aliphatic rings. The summed E-state index contributed by atoms with van der Waals surface area (Å²) >= 11 is 0. The molecule has 2 rings (SSSR count). The van der Waals surface area contributed by atoms with E-state index >= 15 is 0 Å². The number of amides is 2. The minimum atomic E-state index is -0.435. The number of aliphatic hydroxyl groups excluding tert-OH is 1. The fourth-order valence-electron chi connectivity index (χ4n) is 2.96. The molecular formula is C17H22FN3O2. The van der Waals surface area contributed by atoms with E-state index in [1.54, 1.807) is 11.9 Å². The highest BCUT2D eigenvalue weighted by Crippen LogP contribution is 2.26. The summed E-state index contributed by atoms with van der Waals surface area (Å²) in [4.78, 5) is 13.9. The number of halogens is 1. The van der Waals surface area contributed by atoms with Crippen molar-refractivity contribution in [2.24, 2.45) is 5.92 Å². The Hall–Kier alpha value is -2.13. The molecule has 0 saturated heterocycles. The SMILES string of the molecule is CN(C(=O)NCc1cc(C#N)ccc1F)C1CCC(CO)CC1. The molecule has 0 bridgehead atoms. The van der Waals surface area contributed by atoms with Crippen molar-refractivity contribution < 1.29 is 14.3 Å². The number of benzene rings is 1. The van der Waals surface area contributed by atoms with Gasteiger partial charge in [-0.1, -0.05) is 0 Å². The summed E-state index contributed by atoms with van der Waals surface area (Å²) in [5.74, 6) is -0.0964. The number of hydrogen-bond acceptors (Lipinski definition) is 3. The number of nitriles is 1. The molecule has 1 aromatic carbocycles. The molecule has 1 aromatic rings. The standard InChI is InChI=1S/C17H22FN3O2/c1-21(15-5-2-12(11-22)3-6-15)17(23)20-10-14-8-13(9-19)4-7-16(14)18/h4,7-8,12,15,22H,2-3,5-6,10-11H2,1H3,(H,20,23). The van der Waals surface area contributed by atoms with E-state index < -0.39 is 5.82 Å². The van der Waals surface area contributed by atoms with Crippen molar-refractivity contribution in [2.45, 2.75) is 38.3 Å². The zero-order valence-corrected chi connectivity index (χ0v) is 13.3. The van der Waals surface area contributed by atoms with Crippen LogP contribution in [0.25, 0.3) is 0 Å². The Morgan fingerprint density at radius 1 is 1.43 bits per heavy atom. The molecule has 0 radical (unpaired) electrons. The summed E-state index contributed by atoms with van der Waals surface area (Å²) in [5, 5.41) is 20.7. The van der Waals surface area contributed by atoms with Gasteiger partial charge in [-0.15, -0.1) is 0 Å². The van der Waals surface area contributed by atoms with Crippen molar-refractivity contribution in [1.29, 1.82) is 5.26 Å². The average molecular weight is 319 g/mol. The normalized spacial score (nSPS) is 20.6. The van der Waals surface area contributed by atoms with Gasteiger partial charge in [0.1, 0.15) is 5.82 Å². The van der Waals surface area contributed by atoms with E-state index in [1.165, 1.54) is 18.2 Å². The fraction of sp³-hybridized carbons (Fsp3) is 0.529. The van der Waals surface area contributed by atoms with Gasteiger partial charge < -0.3 is 15.3 Å². The number of nitrogens with zero attached hydrogens (tertiary/aromatic N) is 2. The third-order valence-corrected chi connectivity index (χ3v) is 4.55. The molecule has 0 unspecified atom stereocenters. The summed E-state index contributed by atoms with van der Waals surface area (Å²) in [5.41, 5.74) is 0.668. The maximum Gasteiger partial charge on any atom is 0.317 e. The molecule has 1 aliphatic carbocycles. The Morgan fingerprint density at radius 2 is 2.13 bits per heavy atom. The minimum absolute atomic E-state index is 0.0521. The van der Waals surface area contributed by atoms with Crippen molar-refractivity contribution >= 4 is 6.03 Å². The van der Waals surface area contributed by atoms with E-state index in [0.29, 0.717) is 17.0 Å². The molecule has 0 spiro atoms. The number of rotatable bonds is 4. The summed E-state index contributed by atoms with van der Waals surface area (Å²) < 4.78 is 13.7. The lowest BCUT2D eigenvalue weighted by molar-refractivity contribution is 0.134. The van der Waals surface area contributed by atoms with E-state index in [1.807, 2.05) is 6.07 Å². The van der Waals surface area contributed by atoms with Gasteiger partial charge in [-0.2, -0.15) is 5.26 Å². The number of aliphatic hydroxyl groups is 1. The Morgan fingerprint density at radius 3 is 2.74 bits per heavy atom. The Kier molecular flexibility index (Phi) is 5.94. The highest BCUT2D eigenvalue weighted by atomic mass is 19.1. The molecule has 0 aliphatic heterocycles. The van der Waals surface area contributed by atoms with Crippen LogP contribution in [0.1, 0.15) is 36.8 Å². The van der Waals surface area contributed by atoms with Gasteiger partial charge in [0, 0.05) is 31.8 Å². The molecule has 2 amide bonds. The summed E-state index contributed by atoms with van der Waals surface area (Å²) in [6, 6.07) is 5.94. The highest BCUT2D eigenvalue weighted by molar-refractivity contribution is 5.74. The van der Waals surface area contributed by atoms with Crippen molar-refractivity contribution in [2.75, 3.05) is 13.7 Å². The fourth-order valence-corrected chi connectivity index (χ4v) is 2.96. The first-order valence-corrected chi connectivity index (χ1v) is 7.85. The quantitative estimate of drug-likeness (QED) is 0.894. The van der Waals surface area contributed by atoms with Crippen LogP contribution in [0.15, 0.2) is 18.2 Å². The molecule has 23 heavy (non-hydrogen) atoms. The van der Waals surface area contributed by atoms with Crippen LogP contribution < -0.4 is 5.32 Å². The zero-order chi connectivity index (χ0) is 16.8. The first kappa shape index (κ1) is 17.2. The second-order valence-corrected chi connectivity index (χ2v) is 6.04. The van der Waals surface area contributed by atoms with Crippen molar-refractivity contribution in [3.05, 3.63) is 35.1 Å². The lowest BCUT2D eigenvalue weighted by atomic mass is 9.86. The predicted octanol–water partition coefficient (Wildman–Crippen LogP) is 2.39. The van der Waals surface area contributed by atoms with E-state index in [4.69, 9.17) is 10.4 Å². The minimum Gasteiger partial charge on any atom is -0.396 e. The second-order valence-electron chi connectivity index (χ2n) is 6.04. The van der Waals surface area contributed by atoms with Gasteiger partial charge in [0.05, 0.1) is 11.6 Å². The van der Waals surface area contributed by atoms with Gasteiger partial charge in [-0.25, -0.2) is 9.18 Å². The summed E-state index contributed by atoms with van der Waals surface area (Å²) in [7, 11) is 1.74. The first-order chi connectivity index (χ1) is 11.0. The van der Waals surface area contributed by atoms with Crippen molar-refractivity contribution in [3.8, 4) is 6.07 Å². The zero-order valence-electron chi connectivity index (χ0n) is 13.3. The van der Waals surface area contributed by atoms with Crippen LogP contribution in [-0.2, 0) is 6.54 Å². The molecule has 124 valence electrons. The van der Waals surface area contributed by atoms with E-state index in [2.05, 4.69) is 5.32 Å². The number of urea groups is 1. The maximum absolute atomic E-state index is 13.7. The number of hydrogen-bond donors (Lipinski definition) is 2. The summed E-state index contributed by atoms with van der Waals surface area (Å²) in [6.45, 7) is 0.258. The molecule has 2 N–H and O–H groups in total. The lowest BCUT2D eigenvalue weighted by Gasteiger charge is -2.34. The van der Waals surface area contributed by atoms with E-state index in [9.17, 15) is 9.18 Å². The lowest BCUT2D eigenvalue weighted by Crippen LogP contribution is -2.45. The molecule has 0 atom stereocenters. The Bertz CT molecular complexity index is 592. The Labute approximate surface area is 135 Å². The summed E-state index contributed by atoms with van der Waals surface area (Å²) in [6.07, 6.45) is 3.57. The molecule has 0 heterocycles. The van der Waals surface area contributed by atoms with Crippen LogP contribution in [0.3, 0.4) is 0 Å². The third-order valence-electron chi connectivity index (χ3n) is 4.55. The van der Waals surface area contributed by atoms with E-state index in [-0.39, 0.29) is 25.2 Å². The number of carbonyl (C=O) groups excluding carboxylic acids is 1. The second kappa shape index (κ2) is 7.93. The van der Waals surface area contributed by atoms with Crippen molar-refractivity contribution in [1.82, 2.24) is 10.2 Å². The maximum atomic E-state index is 13.7. The monoisotopic (exact) mass is 319 g/mol. The van der Waals surface area contributed by atoms with Crippen LogP contribution in [-0.4, -0.2) is 35.7 Å². The smallest absolute Gasteiger partial charge is 0.317 e. The van der Waals surface area contributed by atoms with Gasteiger partial charge in [0.25, 0.3) is 0 Å². The van der Waals surface area contributed by atoms with Crippen LogP contribution >= 0.6 is 0 Å². The van der Waals surface area contributed by atoms with Crippen LogP contribution in [0.5, 0.6) is 0 Å². The van der Waals surface area contributed by atoms with Gasteiger partial charge >= 0.3 is 6.03 Å².